The molecular formula is C28H27FN6O2. The molecule has 9 heteroatoms. The van der Waals surface area contributed by atoms with E-state index in [-0.39, 0.29) is 23.6 Å². The topological polar surface area (TPSA) is 87.7 Å². The number of fused-ring (bicyclic) bond motifs is 3. The fourth-order valence-corrected chi connectivity index (χ4v) is 5.63. The zero-order valence-corrected chi connectivity index (χ0v) is 21.0. The number of benzene rings is 1. The van der Waals surface area contributed by atoms with Crippen LogP contribution in [0.1, 0.15) is 47.6 Å². The summed E-state index contributed by atoms with van der Waals surface area (Å²) in [4.78, 5) is 21.6. The average Bonchev–Trinajstić information content (AvgIpc) is 3.41. The van der Waals surface area contributed by atoms with E-state index in [4.69, 9.17) is 9.72 Å². The molecule has 1 saturated heterocycles. The van der Waals surface area contributed by atoms with Crippen LogP contribution in [0.4, 0.5) is 4.39 Å². The zero-order chi connectivity index (χ0) is 25.7. The van der Waals surface area contributed by atoms with Crippen molar-refractivity contribution in [2.45, 2.75) is 32.7 Å². The van der Waals surface area contributed by atoms with Gasteiger partial charge in [-0.2, -0.15) is 0 Å². The van der Waals surface area contributed by atoms with Crippen LogP contribution in [0.2, 0.25) is 0 Å². The van der Waals surface area contributed by atoms with Crippen molar-refractivity contribution in [3.63, 3.8) is 0 Å². The number of ketones is 1. The molecule has 6 rings (SSSR count). The first-order chi connectivity index (χ1) is 17.9. The van der Waals surface area contributed by atoms with Gasteiger partial charge < -0.3 is 9.30 Å². The first-order valence-corrected chi connectivity index (χ1v) is 12.4. The fourth-order valence-electron chi connectivity index (χ4n) is 5.63. The quantitative estimate of drug-likeness (QED) is 0.315. The van der Waals surface area contributed by atoms with Crippen molar-refractivity contribution in [2.24, 2.45) is 13.0 Å². The lowest BCUT2D eigenvalue weighted by Gasteiger charge is -2.33. The molecule has 0 radical (unpaired) electrons. The van der Waals surface area contributed by atoms with Crippen LogP contribution in [0.5, 0.6) is 0 Å². The molecule has 0 unspecified atom stereocenters. The smallest absolute Gasteiger partial charge is 0.178 e. The summed E-state index contributed by atoms with van der Waals surface area (Å²) in [5, 5.41) is 9.18. The molecule has 0 bridgehead atoms. The number of aromatic nitrogens is 6. The van der Waals surface area contributed by atoms with Gasteiger partial charge in [-0.25, -0.2) is 9.07 Å². The Balaban J connectivity index is 1.71. The van der Waals surface area contributed by atoms with E-state index in [1.54, 1.807) is 16.9 Å². The van der Waals surface area contributed by atoms with Crippen molar-refractivity contribution >= 4 is 27.7 Å². The molecule has 5 aromatic rings. The first-order valence-electron chi connectivity index (χ1n) is 12.4. The maximum atomic E-state index is 15.5. The van der Waals surface area contributed by atoms with Gasteiger partial charge in [0, 0.05) is 56.1 Å². The second kappa shape index (κ2) is 9.15. The number of pyridine rings is 2. The molecule has 4 aromatic heterocycles. The summed E-state index contributed by atoms with van der Waals surface area (Å²) in [6.07, 6.45) is 5.10. The summed E-state index contributed by atoms with van der Waals surface area (Å²) in [5.41, 5.74) is 5.89. The molecule has 0 aliphatic carbocycles. The SMILES string of the molecule is CC(=O)c1cc2c(cn1)c1ncc(-c3c(C)nnn3C)cc1n2[C@@H](c1ccccc1F)C1CCOCC1. The minimum absolute atomic E-state index is 0.127. The summed E-state index contributed by atoms with van der Waals surface area (Å²) in [6, 6.07) is 10.5. The third-order valence-corrected chi connectivity index (χ3v) is 7.37. The molecule has 37 heavy (non-hydrogen) atoms. The predicted molar refractivity (Wildman–Crippen MR) is 138 cm³/mol. The standard InChI is InChI=1S/C28H27FN6O2/c1-16-27(34(3)33-32-16)19-12-25-26(31-14-19)21-15-30-23(17(2)36)13-24(21)35(25)28(18-8-10-37-11-9-18)20-6-4-5-7-22(20)29/h4-7,12-15,18,28H,8-11H2,1-3H3/t28-/m1/s1. The van der Waals surface area contributed by atoms with Crippen LogP contribution in [-0.2, 0) is 11.8 Å². The molecule has 0 saturated carbocycles. The van der Waals surface area contributed by atoms with Crippen molar-refractivity contribution in [3.05, 3.63) is 71.6 Å². The van der Waals surface area contributed by atoms with Crippen molar-refractivity contribution in [1.82, 2.24) is 29.5 Å². The molecule has 5 heterocycles. The van der Waals surface area contributed by atoms with Gasteiger partial charge in [-0.1, -0.05) is 23.4 Å². The van der Waals surface area contributed by atoms with Gasteiger partial charge in [0.1, 0.15) is 11.5 Å². The van der Waals surface area contributed by atoms with Crippen LogP contribution in [0.15, 0.2) is 48.8 Å². The molecule has 0 amide bonds. The van der Waals surface area contributed by atoms with E-state index in [0.29, 0.717) is 24.5 Å². The Morgan fingerprint density at radius 1 is 1.11 bits per heavy atom. The van der Waals surface area contributed by atoms with Crippen LogP contribution >= 0.6 is 0 Å². The van der Waals surface area contributed by atoms with Crippen LogP contribution in [0.25, 0.3) is 33.2 Å². The lowest BCUT2D eigenvalue weighted by Crippen LogP contribution is -2.27. The number of hydrogen-bond acceptors (Lipinski definition) is 6. The molecule has 1 atom stereocenters. The second-order valence-electron chi connectivity index (χ2n) is 9.67. The summed E-state index contributed by atoms with van der Waals surface area (Å²) in [6.45, 7) is 4.66. The van der Waals surface area contributed by atoms with Crippen LogP contribution in [-0.4, -0.2) is 48.5 Å². The molecule has 1 aromatic carbocycles. The number of carbonyl (C=O) groups excluding carboxylic acids is 1. The average molecular weight is 499 g/mol. The number of carbonyl (C=O) groups is 1. The highest BCUT2D eigenvalue weighted by Crippen LogP contribution is 2.41. The van der Waals surface area contributed by atoms with Crippen molar-refractivity contribution in [1.29, 1.82) is 0 Å². The highest BCUT2D eigenvalue weighted by Gasteiger charge is 2.32. The molecule has 0 N–H and O–H groups in total. The third kappa shape index (κ3) is 3.90. The van der Waals surface area contributed by atoms with Gasteiger partial charge in [0.05, 0.1) is 34.0 Å². The lowest BCUT2D eigenvalue weighted by molar-refractivity contribution is 0.0548. The van der Waals surface area contributed by atoms with E-state index in [2.05, 4.69) is 25.9 Å². The number of hydrogen-bond donors (Lipinski definition) is 0. The second-order valence-corrected chi connectivity index (χ2v) is 9.67. The van der Waals surface area contributed by atoms with Gasteiger partial charge in [0.25, 0.3) is 0 Å². The zero-order valence-electron chi connectivity index (χ0n) is 21.0. The third-order valence-electron chi connectivity index (χ3n) is 7.37. The molecule has 188 valence electrons. The summed E-state index contributed by atoms with van der Waals surface area (Å²) >= 11 is 0. The normalized spacial score (nSPS) is 15.5. The fraction of sp³-hybridized carbons (Fsp3) is 0.321. The van der Waals surface area contributed by atoms with Gasteiger partial charge in [-0.15, -0.1) is 5.10 Å². The van der Waals surface area contributed by atoms with Gasteiger partial charge in [-0.3, -0.25) is 14.8 Å². The Kier molecular flexibility index (Phi) is 5.79. The van der Waals surface area contributed by atoms with Crippen molar-refractivity contribution in [3.8, 4) is 11.3 Å². The number of ether oxygens (including phenoxy) is 1. The lowest BCUT2D eigenvalue weighted by atomic mass is 9.86. The van der Waals surface area contributed by atoms with Gasteiger partial charge in [0.15, 0.2) is 5.78 Å². The van der Waals surface area contributed by atoms with Crippen molar-refractivity contribution in [2.75, 3.05) is 13.2 Å². The predicted octanol–water partition coefficient (Wildman–Crippen LogP) is 5.05. The molecule has 1 fully saturated rings. The summed E-state index contributed by atoms with van der Waals surface area (Å²) < 4.78 is 25.0. The number of Topliss-reactive ketones (excluding diaryl/α,β-unsaturated/α-hetero) is 1. The first kappa shape index (κ1) is 23.4. The minimum atomic E-state index is -0.324. The summed E-state index contributed by atoms with van der Waals surface area (Å²) in [7, 11) is 1.85. The number of nitrogens with zero attached hydrogens (tertiary/aromatic N) is 6. The summed E-state index contributed by atoms with van der Waals surface area (Å²) in [5.74, 6) is -0.259. The van der Waals surface area contributed by atoms with E-state index >= 15 is 4.39 Å². The Bertz CT molecular complexity index is 1630. The van der Waals surface area contributed by atoms with Crippen LogP contribution in [0, 0.1) is 18.7 Å². The Labute approximate surface area is 213 Å². The van der Waals surface area contributed by atoms with Gasteiger partial charge >= 0.3 is 0 Å². The van der Waals surface area contributed by atoms with E-state index in [9.17, 15) is 4.79 Å². The number of halogens is 1. The maximum absolute atomic E-state index is 15.5. The highest BCUT2D eigenvalue weighted by atomic mass is 19.1. The monoisotopic (exact) mass is 498 g/mol. The molecule has 1 aliphatic rings. The number of rotatable bonds is 5. The Morgan fingerprint density at radius 3 is 2.59 bits per heavy atom. The van der Waals surface area contributed by atoms with Crippen LogP contribution in [0.3, 0.4) is 0 Å². The molecule has 8 nitrogen and oxygen atoms in total. The van der Waals surface area contributed by atoms with Gasteiger partial charge in [0.2, 0.25) is 0 Å². The molecular weight excluding hydrogens is 471 g/mol. The Hall–Kier alpha value is -3.98. The Morgan fingerprint density at radius 2 is 1.89 bits per heavy atom. The van der Waals surface area contributed by atoms with E-state index in [0.717, 1.165) is 51.7 Å². The maximum Gasteiger partial charge on any atom is 0.178 e. The molecule has 0 spiro atoms. The minimum Gasteiger partial charge on any atom is -0.381 e. The molecule has 1 aliphatic heterocycles. The van der Waals surface area contributed by atoms with Crippen LogP contribution < -0.4 is 0 Å². The number of aryl methyl sites for hydroxylation is 2. The van der Waals surface area contributed by atoms with Crippen molar-refractivity contribution < 1.29 is 13.9 Å². The highest BCUT2D eigenvalue weighted by molar-refractivity contribution is 6.08. The van der Waals surface area contributed by atoms with E-state index in [1.807, 2.05) is 38.4 Å². The van der Waals surface area contributed by atoms with Gasteiger partial charge in [-0.05, 0) is 43.9 Å². The van der Waals surface area contributed by atoms with E-state index < -0.39 is 0 Å². The largest absolute Gasteiger partial charge is 0.381 e. The van der Waals surface area contributed by atoms with E-state index in [1.165, 1.54) is 13.0 Å².